The summed E-state index contributed by atoms with van der Waals surface area (Å²) in [6.07, 6.45) is 1.41. The molecule has 3 aromatic rings. The molecule has 3 rings (SSSR count). The summed E-state index contributed by atoms with van der Waals surface area (Å²) in [6, 6.07) is 15.9. The molecule has 1 heterocycles. The lowest BCUT2D eigenvalue weighted by Gasteiger charge is -2.10. The molecule has 0 aliphatic carbocycles. The number of halogens is 1. The van der Waals surface area contributed by atoms with Gasteiger partial charge in [0.25, 0.3) is 0 Å². The maximum absolute atomic E-state index is 11.1. The number of carboxylic acid groups (broad SMARTS) is 1. The highest BCUT2D eigenvalue weighted by Crippen LogP contribution is 2.25. The Hall–Kier alpha value is -3.24. The molecule has 0 amide bonds. The molecule has 6 nitrogen and oxygen atoms in total. The molecule has 1 N–H and O–H groups in total. The molecule has 0 atom stereocenters. The molecular weight excluding hydrogens is 398 g/mol. The summed E-state index contributed by atoms with van der Waals surface area (Å²) < 4.78 is 6.51. The molecule has 0 saturated carbocycles. The van der Waals surface area contributed by atoms with Gasteiger partial charge in [-0.05, 0) is 40.2 Å². The zero-order valence-electron chi connectivity index (χ0n) is 13.4. The van der Waals surface area contributed by atoms with E-state index in [1.165, 1.54) is 12.3 Å². The molecular formula is C19H12BrN3O3. The number of aromatic nitrogens is 2. The number of carbonyl (C=O) groups is 1. The first-order valence-corrected chi connectivity index (χ1v) is 8.35. The molecule has 2 aromatic carbocycles. The third kappa shape index (κ3) is 3.87. The topological polar surface area (TPSA) is 96.1 Å². The van der Waals surface area contributed by atoms with Crippen LogP contribution in [0.2, 0.25) is 0 Å². The van der Waals surface area contributed by atoms with Gasteiger partial charge in [0.1, 0.15) is 18.4 Å². The first kappa shape index (κ1) is 17.6. The van der Waals surface area contributed by atoms with Crippen molar-refractivity contribution in [1.29, 1.82) is 5.26 Å². The smallest absolute Gasteiger partial charge is 0.354 e. The van der Waals surface area contributed by atoms with Gasteiger partial charge in [0.2, 0.25) is 0 Å². The van der Waals surface area contributed by atoms with Crippen molar-refractivity contribution in [3.63, 3.8) is 0 Å². The summed E-state index contributed by atoms with van der Waals surface area (Å²) in [7, 11) is 0. The average molecular weight is 410 g/mol. The van der Waals surface area contributed by atoms with Crippen molar-refractivity contribution < 1.29 is 14.6 Å². The van der Waals surface area contributed by atoms with Crippen LogP contribution in [-0.4, -0.2) is 21.0 Å². The Bertz CT molecular complexity index is 1010. The van der Waals surface area contributed by atoms with Crippen LogP contribution in [0.5, 0.6) is 5.75 Å². The van der Waals surface area contributed by atoms with E-state index in [2.05, 4.69) is 32.0 Å². The number of aromatic carboxylic acids is 1. The van der Waals surface area contributed by atoms with E-state index in [4.69, 9.17) is 15.1 Å². The molecule has 0 fully saturated rings. The first-order chi connectivity index (χ1) is 12.6. The highest BCUT2D eigenvalue weighted by molar-refractivity contribution is 9.10. The van der Waals surface area contributed by atoms with Crippen LogP contribution in [0.1, 0.15) is 21.6 Å². The number of hydrogen-bond donors (Lipinski definition) is 1. The quantitative estimate of drug-likeness (QED) is 0.682. The maximum atomic E-state index is 11.1. The van der Waals surface area contributed by atoms with Crippen molar-refractivity contribution >= 4 is 21.9 Å². The molecule has 0 unspecified atom stereocenters. The normalized spacial score (nSPS) is 10.2. The fourth-order valence-electron chi connectivity index (χ4n) is 2.28. The van der Waals surface area contributed by atoms with Gasteiger partial charge in [-0.3, -0.25) is 0 Å². The van der Waals surface area contributed by atoms with Gasteiger partial charge < -0.3 is 9.84 Å². The van der Waals surface area contributed by atoms with Crippen molar-refractivity contribution in [3.8, 4) is 23.2 Å². The maximum Gasteiger partial charge on any atom is 0.354 e. The van der Waals surface area contributed by atoms with Gasteiger partial charge in [0, 0.05) is 21.8 Å². The van der Waals surface area contributed by atoms with Gasteiger partial charge in [-0.15, -0.1) is 0 Å². The number of rotatable bonds is 5. The zero-order chi connectivity index (χ0) is 18.5. The molecule has 128 valence electrons. The highest BCUT2D eigenvalue weighted by atomic mass is 79.9. The van der Waals surface area contributed by atoms with Crippen LogP contribution in [0.15, 0.2) is 59.2 Å². The summed E-state index contributed by atoms with van der Waals surface area (Å²) in [5, 5.41) is 18.1. The largest absolute Gasteiger partial charge is 0.489 e. The summed E-state index contributed by atoms with van der Waals surface area (Å²) in [5.41, 5.74) is 1.96. The van der Waals surface area contributed by atoms with E-state index in [1.807, 2.05) is 6.07 Å². The van der Waals surface area contributed by atoms with Crippen LogP contribution in [0.25, 0.3) is 11.4 Å². The molecule has 0 aliphatic rings. The van der Waals surface area contributed by atoms with Crippen LogP contribution in [0, 0.1) is 11.3 Å². The lowest BCUT2D eigenvalue weighted by atomic mass is 10.1. The Balaban J connectivity index is 1.81. The molecule has 7 heteroatoms. The Kier molecular flexibility index (Phi) is 5.25. The van der Waals surface area contributed by atoms with Gasteiger partial charge in [0.15, 0.2) is 11.5 Å². The van der Waals surface area contributed by atoms with E-state index in [1.54, 1.807) is 36.4 Å². The average Bonchev–Trinajstić information content (AvgIpc) is 2.67. The molecule has 0 saturated heterocycles. The second-order valence-corrected chi connectivity index (χ2v) is 6.07. The van der Waals surface area contributed by atoms with Crippen molar-refractivity contribution in [2.45, 2.75) is 6.61 Å². The van der Waals surface area contributed by atoms with E-state index < -0.39 is 5.97 Å². The van der Waals surface area contributed by atoms with E-state index in [0.717, 1.165) is 5.56 Å². The van der Waals surface area contributed by atoms with E-state index in [0.29, 0.717) is 27.2 Å². The van der Waals surface area contributed by atoms with Crippen LogP contribution in [-0.2, 0) is 6.61 Å². The van der Waals surface area contributed by atoms with Crippen LogP contribution in [0.4, 0.5) is 0 Å². The monoisotopic (exact) mass is 409 g/mol. The van der Waals surface area contributed by atoms with Crippen molar-refractivity contribution in [1.82, 2.24) is 9.97 Å². The Labute approximate surface area is 157 Å². The highest BCUT2D eigenvalue weighted by Gasteiger charge is 2.10. The number of carboxylic acids is 1. The SMILES string of the molecule is N#Cc1cccc(COc2cccc(-c3nccc(C(=O)O)n3)c2)c1Br. The third-order valence-corrected chi connectivity index (χ3v) is 4.50. The van der Waals surface area contributed by atoms with Crippen LogP contribution < -0.4 is 4.74 Å². The Morgan fingerprint density at radius 2 is 2.04 bits per heavy atom. The molecule has 0 spiro atoms. The molecule has 1 aromatic heterocycles. The molecule has 0 radical (unpaired) electrons. The Morgan fingerprint density at radius 1 is 1.23 bits per heavy atom. The number of hydrogen-bond acceptors (Lipinski definition) is 5. The second-order valence-electron chi connectivity index (χ2n) is 5.28. The van der Waals surface area contributed by atoms with Crippen molar-refractivity contribution in [3.05, 3.63) is 76.0 Å². The standard InChI is InChI=1S/C19H12BrN3O3/c20-17-13(10-21)4-1-5-14(17)11-26-15-6-2-3-12(9-15)18-22-8-7-16(23-18)19(24)25/h1-9H,11H2,(H,24,25). The Morgan fingerprint density at radius 3 is 2.81 bits per heavy atom. The molecule has 0 aliphatic heterocycles. The fraction of sp³-hybridized carbons (Fsp3) is 0.0526. The molecule has 0 bridgehead atoms. The summed E-state index contributed by atoms with van der Waals surface area (Å²) in [5.74, 6) is -0.215. The summed E-state index contributed by atoms with van der Waals surface area (Å²) in [6.45, 7) is 0.273. The minimum absolute atomic E-state index is 0.0708. The number of nitriles is 1. The van der Waals surface area contributed by atoms with Gasteiger partial charge in [-0.25, -0.2) is 14.8 Å². The van der Waals surface area contributed by atoms with Crippen molar-refractivity contribution in [2.24, 2.45) is 0 Å². The van der Waals surface area contributed by atoms with Gasteiger partial charge in [0.05, 0.1) is 5.56 Å². The van der Waals surface area contributed by atoms with Crippen LogP contribution >= 0.6 is 15.9 Å². The van der Waals surface area contributed by atoms with E-state index in [9.17, 15) is 4.79 Å². The lowest BCUT2D eigenvalue weighted by Crippen LogP contribution is -2.02. The lowest BCUT2D eigenvalue weighted by molar-refractivity contribution is 0.0690. The first-order valence-electron chi connectivity index (χ1n) is 7.55. The van der Waals surface area contributed by atoms with Crippen molar-refractivity contribution in [2.75, 3.05) is 0 Å². The summed E-state index contributed by atoms with van der Waals surface area (Å²) in [4.78, 5) is 19.2. The third-order valence-electron chi connectivity index (χ3n) is 3.56. The summed E-state index contributed by atoms with van der Waals surface area (Å²) >= 11 is 3.41. The minimum atomic E-state index is -1.11. The predicted molar refractivity (Wildman–Crippen MR) is 97.6 cm³/mol. The van der Waals surface area contributed by atoms with E-state index >= 15 is 0 Å². The minimum Gasteiger partial charge on any atom is -0.489 e. The zero-order valence-corrected chi connectivity index (χ0v) is 15.0. The van der Waals surface area contributed by atoms with Gasteiger partial charge >= 0.3 is 5.97 Å². The van der Waals surface area contributed by atoms with E-state index in [-0.39, 0.29) is 12.3 Å². The molecule has 26 heavy (non-hydrogen) atoms. The number of nitrogens with zero attached hydrogens (tertiary/aromatic N) is 3. The van der Waals surface area contributed by atoms with Gasteiger partial charge in [-0.2, -0.15) is 5.26 Å². The van der Waals surface area contributed by atoms with Crippen LogP contribution in [0.3, 0.4) is 0 Å². The number of ether oxygens (including phenoxy) is 1. The fourth-order valence-corrected chi connectivity index (χ4v) is 2.75. The predicted octanol–water partition coefficient (Wildman–Crippen LogP) is 4.05. The van der Waals surface area contributed by atoms with Gasteiger partial charge in [-0.1, -0.05) is 24.3 Å². The number of benzene rings is 2. The second kappa shape index (κ2) is 7.76.